The molecule has 3 rings (SSSR count). The highest BCUT2D eigenvalue weighted by Gasteiger charge is 2.34. The van der Waals surface area contributed by atoms with Crippen molar-refractivity contribution >= 4 is 11.9 Å². The van der Waals surface area contributed by atoms with E-state index in [1.807, 2.05) is 25.1 Å². The lowest BCUT2D eigenvalue weighted by atomic mass is 9.99. The Labute approximate surface area is 147 Å². The van der Waals surface area contributed by atoms with E-state index in [9.17, 15) is 9.59 Å². The number of benzene rings is 2. The third kappa shape index (κ3) is 4.06. The van der Waals surface area contributed by atoms with Crippen LogP contribution in [0.4, 0.5) is 0 Å². The third-order valence-corrected chi connectivity index (χ3v) is 4.68. The van der Waals surface area contributed by atoms with Gasteiger partial charge in [-0.3, -0.25) is 9.69 Å². The Balaban J connectivity index is 1.57. The van der Waals surface area contributed by atoms with Crippen LogP contribution in [0.15, 0.2) is 54.6 Å². The van der Waals surface area contributed by atoms with Gasteiger partial charge in [-0.1, -0.05) is 42.5 Å². The SMILES string of the molecule is C[C@H](NC(=O)C1CCN1Cc1ccccc1)c1ccc(C(=O)O)cc1. The fourth-order valence-electron chi connectivity index (χ4n) is 3.05. The van der Waals surface area contributed by atoms with Crippen molar-refractivity contribution in [1.82, 2.24) is 10.2 Å². The standard InChI is InChI=1S/C20H22N2O3/c1-14(16-7-9-17(10-8-16)20(24)25)21-19(23)18-11-12-22(18)13-15-5-3-2-4-6-15/h2-10,14,18H,11-13H2,1H3,(H,21,23)(H,24,25)/t14-,18?/m0/s1. The van der Waals surface area contributed by atoms with E-state index in [-0.39, 0.29) is 23.6 Å². The topological polar surface area (TPSA) is 69.6 Å². The lowest BCUT2D eigenvalue weighted by molar-refractivity contribution is -0.131. The van der Waals surface area contributed by atoms with E-state index in [0.717, 1.165) is 25.1 Å². The van der Waals surface area contributed by atoms with Gasteiger partial charge in [0.1, 0.15) is 0 Å². The second kappa shape index (κ2) is 7.49. The predicted molar refractivity (Wildman–Crippen MR) is 95.2 cm³/mol. The van der Waals surface area contributed by atoms with Crippen LogP contribution in [0.3, 0.4) is 0 Å². The van der Waals surface area contributed by atoms with Crippen molar-refractivity contribution in [3.05, 3.63) is 71.3 Å². The highest BCUT2D eigenvalue weighted by Crippen LogP contribution is 2.22. The maximum absolute atomic E-state index is 12.5. The van der Waals surface area contributed by atoms with E-state index in [0.29, 0.717) is 0 Å². The van der Waals surface area contributed by atoms with Gasteiger partial charge in [-0.15, -0.1) is 0 Å². The van der Waals surface area contributed by atoms with Gasteiger partial charge in [-0.05, 0) is 36.6 Å². The first-order chi connectivity index (χ1) is 12.0. The number of carboxylic acids is 1. The van der Waals surface area contributed by atoms with Gasteiger partial charge in [-0.2, -0.15) is 0 Å². The second-order valence-corrected chi connectivity index (χ2v) is 6.42. The maximum atomic E-state index is 12.5. The molecule has 0 spiro atoms. The average molecular weight is 338 g/mol. The van der Waals surface area contributed by atoms with Gasteiger partial charge in [-0.25, -0.2) is 4.79 Å². The molecule has 0 aromatic heterocycles. The Hall–Kier alpha value is -2.66. The molecule has 1 aliphatic heterocycles. The van der Waals surface area contributed by atoms with Gasteiger partial charge in [0.2, 0.25) is 5.91 Å². The fraction of sp³-hybridized carbons (Fsp3) is 0.300. The molecule has 25 heavy (non-hydrogen) atoms. The molecule has 1 saturated heterocycles. The molecular weight excluding hydrogens is 316 g/mol. The summed E-state index contributed by atoms with van der Waals surface area (Å²) in [6, 6.07) is 16.5. The third-order valence-electron chi connectivity index (χ3n) is 4.68. The number of amides is 1. The van der Waals surface area contributed by atoms with Crippen molar-refractivity contribution < 1.29 is 14.7 Å². The first kappa shape index (κ1) is 17.2. The Morgan fingerprint density at radius 2 is 1.84 bits per heavy atom. The smallest absolute Gasteiger partial charge is 0.335 e. The molecule has 2 atom stereocenters. The second-order valence-electron chi connectivity index (χ2n) is 6.42. The molecule has 2 aromatic rings. The molecule has 1 aliphatic rings. The van der Waals surface area contributed by atoms with Crippen LogP contribution in [0, 0.1) is 0 Å². The fourth-order valence-corrected chi connectivity index (χ4v) is 3.05. The zero-order chi connectivity index (χ0) is 17.8. The molecule has 1 fully saturated rings. The summed E-state index contributed by atoms with van der Waals surface area (Å²) in [5.41, 5.74) is 2.35. The predicted octanol–water partition coefficient (Wildman–Crippen LogP) is 2.84. The molecule has 0 aliphatic carbocycles. The summed E-state index contributed by atoms with van der Waals surface area (Å²) in [6.07, 6.45) is 0.864. The highest BCUT2D eigenvalue weighted by atomic mass is 16.4. The van der Waals surface area contributed by atoms with Gasteiger partial charge < -0.3 is 10.4 Å². The number of carbonyl (C=O) groups excluding carboxylic acids is 1. The van der Waals surface area contributed by atoms with Crippen molar-refractivity contribution in [2.45, 2.75) is 32.0 Å². The minimum Gasteiger partial charge on any atom is -0.478 e. The average Bonchev–Trinajstić information content (AvgIpc) is 2.59. The Bertz CT molecular complexity index is 743. The quantitative estimate of drug-likeness (QED) is 0.850. The number of carboxylic acid groups (broad SMARTS) is 1. The molecule has 5 nitrogen and oxygen atoms in total. The lowest BCUT2D eigenvalue weighted by Gasteiger charge is -2.40. The van der Waals surface area contributed by atoms with Crippen LogP contribution in [-0.2, 0) is 11.3 Å². The molecule has 0 saturated carbocycles. The number of rotatable bonds is 6. The van der Waals surface area contributed by atoms with Crippen LogP contribution in [0.25, 0.3) is 0 Å². The molecule has 2 aromatic carbocycles. The summed E-state index contributed by atoms with van der Waals surface area (Å²) in [5, 5.41) is 12.0. The number of carbonyl (C=O) groups is 2. The van der Waals surface area contributed by atoms with Crippen molar-refractivity contribution in [2.24, 2.45) is 0 Å². The number of nitrogens with zero attached hydrogens (tertiary/aromatic N) is 1. The number of nitrogens with one attached hydrogen (secondary N) is 1. The van der Waals surface area contributed by atoms with E-state index in [2.05, 4.69) is 22.3 Å². The highest BCUT2D eigenvalue weighted by molar-refractivity contribution is 5.87. The van der Waals surface area contributed by atoms with Crippen molar-refractivity contribution in [3.63, 3.8) is 0 Å². The minimum absolute atomic E-state index is 0.0250. The van der Waals surface area contributed by atoms with Crippen LogP contribution in [-0.4, -0.2) is 34.5 Å². The van der Waals surface area contributed by atoms with Crippen LogP contribution >= 0.6 is 0 Å². The molecule has 1 heterocycles. The van der Waals surface area contributed by atoms with E-state index < -0.39 is 5.97 Å². The maximum Gasteiger partial charge on any atom is 0.335 e. The van der Waals surface area contributed by atoms with Crippen LogP contribution < -0.4 is 5.32 Å². The minimum atomic E-state index is -0.950. The van der Waals surface area contributed by atoms with Crippen LogP contribution in [0.5, 0.6) is 0 Å². The molecule has 1 unspecified atom stereocenters. The van der Waals surface area contributed by atoms with Gasteiger partial charge in [0.25, 0.3) is 0 Å². The summed E-state index contributed by atoms with van der Waals surface area (Å²) in [6.45, 7) is 3.61. The van der Waals surface area contributed by atoms with E-state index in [1.165, 1.54) is 5.56 Å². The number of aromatic carboxylic acids is 1. The Morgan fingerprint density at radius 3 is 2.40 bits per heavy atom. The molecule has 0 bridgehead atoms. The normalized spacial score (nSPS) is 18.2. The van der Waals surface area contributed by atoms with Crippen LogP contribution in [0.1, 0.15) is 40.9 Å². The molecular formula is C20H22N2O3. The summed E-state index contributed by atoms with van der Waals surface area (Å²) in [5.74, 6) is -0.925. The van der Waals surface area contributed by atoms with Gasteiger partial charge in [0.15, 0.2) is 0 Å². The lowest BCUT2D eigenvalue weighted by Crippen LogP contribution is -2.55. The van der Waals surface area contributed by atoms with Gasteiger partial charge in [0, 0.05) is 13.1 Å². The first-order valence-corrected chi connectivity index (χ1v) is 8.46. The Kier molecular flexibility index (Phi) is 5.14. The summed E-state index contributed by atoms with van der Waals surface area (Å²) >= 11 is 0. The number of hydrogen-bond donors (Lipinski definition) is 2. The molecule has 0 radical (unpaired) electrons. The summed E-state index contributed by atoms with van der Waals surface area (Å²) in [4.78, 5) is 25.6. The van der Waals surface area contributed by atoms with Crippen molar-refractivity contribution in [3.8, 4) is 0 Å². The molecule has 1 amide bonds. The zero-order valence-corrected chi connectivity index (χ0v) is 14.2. The van der Waals surface area contributed by atoms with E-state index in [4.69, 9.17) is 5.11 Å². The summed E-state index contributed by atoms with van der Waals surface area (Å²) in [7, 11) is 0. The van der Waals surface area contributed by atoms with Crippen LogP contribution in [0.2, 0.25) is 0 Å². The summed E-state index contributed by atoms with van der Waals surface area (Å²) < 4.78 is 0. The molecule has 5 heteroatoms. The zero-order valence-electron chi connectivity index (χ0n) is 14.2. The Morgan fingerprint density at radius 1 is 1.16 bits per heavy atom. The van der Waals surface area contributed by atoms with Gasteiger partial charge >= 0.3 is 5.97 Å². The largest absolute Gasteiger partial charge is 0.478 e. The monoisotopic (exact) mass is 338 g/mol. The van der Waals surface area contributed by atoms with Gasteiger partial charge in [0.05, 0.1) is 17.6 Å². The van der Waals surface area contributed by atoms with E-state index in [1.54, 1.807) is 24.3 Å². The molecule has 130 valence electrons. The number of likely N-dealkylation sites (tertiary alicyclic amines) is 1. The van der Waals surface area contributed by atoms with E-state index >= 15 is 0 Å². The van der Waals surface area contributed by atoms with Crippen molar-refractivity contribution in [1.29, 1.82) is 0 Å². The first-order valence-electron chi connectivity index (χ1n) is 8.46. The van der Waals surface area contributed by atoms with Crippen molar-refractivity contribution in [2.75, 3.05) is 6.54 Å². The molecule has 2 N–H and O–H groups in total. The number of hydrogen-bond acceptors (Lipinski definition) is 3.